The van der Waals surface area contributed by atoms with Crippen molar-refractivity contribution in [3.63, 3.8) is 0 Å². The lowest BCUT2D eigenvalue weighted by atomic mass is 10.1. The fourth-order valence-corrected chi connectivity index (χ4v) is 2.54. The third-order valence-corrected chi connectivity index (χ3v) is 3.77. The monoisotopic (exact) mass is 270 g/mol. The van der Waals surface area contributed by atoms with Crippen molar-refractivity contribution in [2.24, 2.45) is 5.14 Å². The smallest absolute Gasteiger partial charge is 0.210 e. The molecule has 0 spiro atoms. The van der Waals surface area contributed by atoms with E-state index in [2.05, 4.69) is 4.90 Å². The molecule has 0 saturated carbocycles. The van der Waals surface area contributed by atoms with Crippen molar-refractivity contribution in [3.8, 4) is 0 Å². The summed E-state index contributed by atoms with van der Waals surface area (Å²) in [5.74, 6) is -0.00545. The van der Waals surface area contributed by atoms with Crippen LogP contribution in [0.2, 0.25) is 0 Å². The molecule has 5 nitrogen and oxygen atoms in total. The number of rotatable bonds is 4. The average Bonchev–Trinajstić information content (AvgIpc) is 2.37. The Hall–Kier alpha value is -0.950. The predicted molar refractivity (Wildman–Crippen MR) is 69.5 cm³/mol. The van der Waals surface area contributed by atoms with Crippen molar-refractivity contribution in [1.29, 1.82) is 0 Å². The first kappa shape index (κ1) is 13.5. The highest BCUT2D eigenvalue weighted by Crippen LogP contribution is 2.21. The third kappa shape index (κ3) is 4.06. The second kappa shape index (κ2) is 5.79. The van der Waals surface area contributed by atoms with Crippen molar-refractivity contribution in [1.82, 2.24) is 4.90 Å². The maximum atomic E-state index is 10.9. The molecule has 0 aliphatic carbocycles. The summed E-state index contributed by atoms with van der Waals surface area (Å²) < 4.78 is 27.6. The summed E-state index contributed by atoms with van der Waals surface area (Å²) in [5.41, 5.74) is 1.12. The Kier molecular flexibility index (Phi) is 4.34. The van der Waals surface area contributed by atoms with Gasteiger partial charge in [-0.3, -0.25) is 4.90 Å². The molecule has 0 radical (unpaired) electrons. The summed E-state index contributed by atoms with van der Waals surface area (Å²) in [5, 5.41) is 5.01. The Bertz CT molecular complexity index is 475. The van der Waals surface area contributed by atoms with E-state index in [4.69, 9.17) is 9.88 Å². The molecular weight excluding hydrogens is 252 g/mol. The van der Waals surface area contributed by atoms with Crippen LogP contribution >= 0.6 is 0 Å². The zero-order valence-electron chi connectivity index (χ0n) is 10.2. The van der Waals surface area contributed by atoms with E-state index in [1.807, 2.05) is 30.3 Å². The Labute approximate surface area is 108 Å². The lowest BCUT2D eigenvalue weighted by molar-refractivity contribution is -0.0279. The fourth-order valence-electron chi connectivity index (χ4n) is 2.03. The normalized spacial score (nSPS) is 21.9. The molecule has 1 aliphatic rings. The van der Waals surface area contributed by atoms with Crippen LogP contribution < -0.4 is 5.14 Å². The molecule has 1 aliphatic heterocycles. The Morgan fingerprint density at radius 3 is 2.72 bits per heavy atom. The molecule has 18 heavy (non-hydrogen) atoms. The van der Waals surface area contributed by atoms with E-state index in [0.29, 0.717) is 19.7 Å². The van der Waals surface area contributed by atoms with E-state index in [0.717, 1.165) is 12.1 Å². The van der Waals surface area contributed by atoms with Gasteiger partial charge < -0.3 is 4.74 Å². The zero-order chi connectivity index (χ0) is 13.0. The quantitative estimate of drug-likeness (QED) is 0.857. The van der Waals surface area contributed by atoms with Crippen LogP contribution in [0.5, 0.6) is 0 Å². The Morgan fingerprint density at radius 2 is 2.06 bits per heavy atom. The number of primary sulfonamides is 1. The van der Waals surface area contributed by atoms with E-state index in [1.165, 1.54) is 0 Å². The summed E-state index contributed by atoms with van der Waals surface area (Å²) in [4.78, 5) is 2.07. The summed E-state index contributed by atoms with van der Waals surface area (Å²) >= 11 is 0. The molecule has 0 aromatic heterocycles. The van der Waals surface area contributed by atoms with Gasteiger partial charge in [-0.25, -0.2) is 13.6 Å². The standard InChI is InChI=1S/C12H18N2O3S/c13-18(15,16)9-7-14-6-8-17-12(10-14)11-4-2-1-3-5-11/h1-5,12H,6-10H2,(H2,13,15,16)/t12-/m0/s1. The predicted octanol–water partition coefficient (Wildman–Crippen LogP) is 0.348. The van der Waals surface area contributed by atoms with Gasteiger partial charge >= 0.3 is 0 Å². The van der Waals surface area contributed by atoms with Crippen LogP contribution in [0.1, 0.15) is 11.7 Å². The highest BCUT2D eigenvalue weighted by Gasteiger charge is 2.22. The largest absolute Gasteiger partial charge is 0.371 e. The van der Waals surface area contributed by atoms with Gasteiger partial charge in [0.1, 0.15) is 0 Å². The van der Waals surface area contributed by atoms with Crippen LogP contribution in [-0.2, 0) is 14.8 Å². The van der Waals surface area contributed by atoms with E-state index in [1.54, 1.807) is 0 Å². The lowest BCUT2D eigenvalue weighted by Gasteiger charge is -2.32. The molecule has 6 heteroatoms. The van der Waals surface area contributed by atoms with Crippen LogP contribution in [0.3, 0.4) is 0 Å². The van der Waals surface area contributed by atoms with Gasteiger partial charge in [-0.2, -0.15) is 0 Å². The molecular formula is C12H18N2O3S. The van der Waals surface area contributed by atoms with Crippen molar-refractivity contribution >= 4 is 10.0 Å². The van der Waals surface area contributed by atoms with Crippen LogP contribution in [-0.4, -0.2) is 45.3 Å². The lowest BCUT2D eigenvalue weighted by Crippen LogP contribution is -2.41. The molecule has 2 rings (SSSR count). The van der Waals surface area contributed by atoms with E-state index in [-0.39, 0.29) is 11.9 Å². The number of morpholine rings is 1. The van der Waals surface area contributed by atoms with Gasteiger partial charge in [-0.15, -0.1) is 0 Å². The minimum Gasteiger partial charge on any atom is -0.371 e. The number of nitrogens with two attached hydrogens (primary N) is 1. The first-order chi connectivity index (χ1) is 8.54. The molecule has 1 heterocycles. The summed E-state index contributed by atoms with van der Waals surface area (Å²) in [6.07, 6.45) is 0.0143. The van der Waals surface area contributed by atoms with Gasteiger partial charge in [0.2, 0.25) is 10.0 Å². The first-order valence-electron chi connectivity index (χ1n) is 5.94. The van der Waals surface area contributed by atoms with Gasteiger partial charge in [-0.1, -0.05) is 30.3 Å². The number of benzene rings is 1. The minimum absolute atomic E-state index is 0.00545. The van der Waals surface area contributed by atoms with Gasteiger partial charge in [0.05, 0.1) is 18.5 Å². The molecule has 1 aromatic rings. The molecule has 0 amide bonds. The van der Waals surface area contributed by atoms with Crippen LogP contribution in [0.4, 0.5) is 0 Å². The maximum absolute atomic E-state index is 10.9. The number of hydrogen-bond acceptors (Lipinski definition) is 4. The molecule has 1 saturated heterocycles. The Morgan fingerprint density at radius 1 is 1.33 bits per heavy atom. The van der Waals surface area contributed by atoms with Gasteiger partial charge in [0.25, 0.3) is 0 Å². The first-order valence-corrected chi connectivity index (χ1v) is 7.65. The highest BCUT2D eigenvalue weighted by atomic mass is 32.2. The number of hydrogen-bond donors (Lipinski definition) is 1. The van der Waals surface area contributed by atoms with Crippen molar-refractivity contribution < 1.29 is 13.2 Å². The second-order valence-corrected chi connectivity index (χ2v) is 6.17. The number of sulfonamides is 1. The average molecular weight is 270 g/mol. The van der Waals surface area contributed by atoms with Gasteiger partial charge in [-0.05, 0) is 5.56 Å². The topological polar surface area (TPSA) is 72.6 Å². The van der Waals surface area contributed by atoms with Gasteiger partial charge in [0.15, 0.2) is 0 Å². The number of ether oxygens (including phenoxy) is 1. The van der Waals surface area contributed by atoms with Crippen molar-refractivity contribution in [2.45, 2.75) is 6.10 Å². The van der Waals surface area contributed by atoms with Crippen LogP contribution in [0.25, 0.3) is 0 Å². The van der Waals surface area contributed by atoms with Crippen LogP contribution in [0.15, 0.2) is 30.3 Å². The number of nitrogens with zero attached hydrogens (tertiary/aromatic N) is 1. The summed E-state index contributed by atoms with van der Waals surface area (Å²) in [6, 6.07) is 9.96. The molecule has 1 atom stereocenters. The molecule has 1 aromatic carbocycles. The highest BCUT2D eigenvalue weighted by molar-refractivity contribution is 7.89. The molecule has 0 unspecified atom stereocenters. The van der Waals surface area contributed by atoms with E-state index >= 15 is 0 Å². The maximum Gasteiger partial charge on any atom is 0.210 e. The van der Waals surface area contributed by atoms with Crippen molar-refractivity contribution in [3.05, 3.63) is 35.9 Å². The third-order valence-electron chi connectivity index (χ3n) is 3.01. The Balaban J connectivity index is 1.93. The molecule has 1 fully saturated rings. The van der Waals surface area contributed by atoms with E-state index in [9.17, 15) is 8.42 Å². The second-order valence-electron chi connectivity index (χ2n) is 4.44. The molecule has 0 bridgehead atoms. The minimum atomic E-state index is -3.39. The van der Waals surface area contributed by atoms with Crippen molar-refractivity contribution in [2.75, 3.05) is 32.0 Å². The van der Waals surface area contributed by atoms with E-state index < -0.39 is 10.0 Å². The molecule has 2 N–H and O–H groups in total. The SMILES string of the molecule is NS(=O)(=O)CCN1CCO[C@H](c2ccccc2)C1. The zero-order valence-corrected chi connectivity index (χ0v) is 11.0. The van der Waals surface area contributed by atoms with Gasteiger partial charge in [0, 0.05) is 19.6 Å². The summed E-state index contributed by atoms with van der Waals surface area (Å²) in [7, 11) is -3.39. The molecule has 100 valence electrons. The fraction of sp³-hybridized carbons (Fsp3) is 0.500. The van der Waals surface area contributed by atoms with Crippen LogP contribution in [0, 0.1) is 0 Å². The summed E-state index contributed by atoms with van der Waals surface area (Å²) in [6.45, 7) is 2.54.